The summed E-state index contributed by atoms with van der Waals surface area (Å²) in [6, 6.07) is 17.1. The van der Waals surface area contributed by atoms with E-state index in [-0.39, 0.29) is 23.6 Å². The van der Waals surface area contributed by atoms with E-state index >= 15 is 0 Å². The molecule has 0 saturated carbocycles. The van der Waals surface area contributed by atoms with Crippen LogP contribution in [-0.2, 0) is 11.2 Å². The van der Waals surface area contributed by atoms with Gasteiger partial charge in [0.15, 0.2) is 11.5 Å². The number of aryl methyl sites for hydroxylation is 1. The van der Waals surface area contributed by atoms with E-state index in [9.17, 15) is 9.59 Å². The molecule has 1 saturated heterocycles. The van der Waals surface area contributed by atoms with E-state index in [1.807, 2.05) is 49.4 Å². The van der Waals surface area contributed by atoms with Crippen LogP contribution < -0.4 is 14.8 Å². The van der Waals surface area contributed by atoms with Crippen molar-refractivity contribution in [2.24, 2.45) is 5.41 Å². The summed E-state index contributed by atoms with van der Waals surface area (Å²) in [5, 5.41) is 7.23. The van der Waals surface area contributed by atoms with Crippen LogP contribution in [0.3, 0.4) is 0 Å². The second kappa shape index (κ2) is 11.3. The topological polar surface area (TPSA) is 93.9 Å². The van der Waals surface area contributed by atoms with Crippen molar-refractivity contribution >= 4 is 11.8 Å². The number of fused-ring (bicyclic) bond motifs is 1. The van der Waals surface area contributed by atoms with Gasteiger partial charge in [-0.05, 0) is 62.8 Å². The number of likely N-dealkylation sites (tertiary alicyclic amines) is 1. The summed E-state index contributed by atoms with van der Waals surface area (Å²) in [6.07, 6.45) is 4.90. The SMILES string of the molecule is COc1cccc(-c2cc(C(=O)N3CCC4(CCCCc5ccccc5OC[C@@H](C)NC4=O)CC3)no2)c1. The Labute approximate surface area is 223 Å². The number of nitrogens with zero attached hydrogens (tertiary/aromatic N) is 2. The van der Waals surface area contributed by atoms with Crippen LogP contribution in [0, 0.1) is 5.41 Å². The van der Waals surface area contributed by atoms with Crippen LogP contribution in [0.5, 0.6) is 11.5 Å². The molecule has 3 heterocycles. The van der Waals surface area contributed by atoms with Gasteiger partial charge in [-0.25, -0.2) is 0 Å². The molecule has 2 amide bonds. The number of ether oxygens (including phenoxy) is 2. The summed E-state index contributed by atoms with van der Waals surface area (Å²) in [5.41, 5.74) is 1.78. The molecule has 1 N–H and O–H groups in total. The average molecular weight is 518 g/mol. The molecule has 38 heavy (non-hydrogen) atoms. The number of aromatic nitrogens is 1. The van der Waals surface area contributed by atoms with Gasteiger partial charge in [0.2, 0.25) is 5.91 Å². The van der Waals surface area contributed by atoms with E-state index in [2.05, 4.69) is 16.5 Å². The number of nitrogens with one attached hydrogen (secondary N) is 1. The summed E-state index contributed by atoms with van der Waals surface area (Å²) >= 11 is 0. The Morgan fingerprint density at radius 3 is 2.71 bits per heavy atom. The van der Waals surface area contributed by atoms with Crippen LogP contribution in [-0.4, -0.2) is 54.7 Å². The minimum absolute atomic E-state index is 0.0660. The monoisotopic (exact) mass is 517 g/mol. The lowest BCUT2D eigenvalue weighted by atomic mass is 9.73. The van der Waals surface area contributed by atoms with Gasteiger partial charge in [-0.15, -0.1) is 0 Å². The third-order valence-corrected chi connectivity index (χ3v) is 7.76. The van der Waals surface area contributed by atoms with Gasteiger partial charge in [0.25, 0.3) is 5.91 Å². The second-order valence-electron chi connectivity index (χ2n) is 10.4. The average Bonchev–Trinajstić information content (AvgIpc) is 3.45. The van der Waals surface area contributed by atoms with Crippen LogP contribution in [0.15, 0.2) is 59.1 Å². The maximum atomic E-state index is 13.5. The van der Waals surface area contributed by atoms with Crippen molar-refractivity contribution in [2.75, 3.05) is 26.8 Å². The molecular formula is C30H35N3O5. The maximum absolute atomic E-state index is 13.5. The Bertz CT molecular complexity index is 1280. The molecule has 5 rings (SSSR count). The first-order chi connectivity index (χ1) is 18.5. The van der Waals surface area contributed by atoms with E-state index in [0.29, 0.717) is 44.0 Å². The molecule has 1 aromatic heterocycles. The molecule has 2 aliphatic rings. The number of rotatable bonds is 3. The zero-order valence-electron chi connectivity index (χ0n) is 22.1. The van der Waals surface area contributed by atoms with Crippen LogP contribution in [0.2, 0.25) is 0 Å². The predicted octanol–water partition coefficient (Wildman–Crippen LogP) is 4.88. The first-order valence-electron chi connectivity index (χ1n) is 13.4. The molecular weight excluding hydrogens is 482 g/mol. The Balaban J connectivity index is 1.25. The molecule has 0 radical (unpaired) electrons. The Morgan fingerprint density at radius 1 is 1.08 bits per heavy atom. The zero-order valence-corrected chi connectivity index (χ0v) is 22.1. The van der Waals surface area contributed by atoms with E-state index in [1.54, 1.807) is 18.1 Å². The number of methoxy groups -OCH3 is 1. The van der Waals surface area contributed by atoms with E-state index in [4.69, 9.17) is 14.0 Å². The molecule has 2 aromatic carbocycles. The standard InChI is InChI=1S/C30H35N3O5/c1-21-20-37-26-12-4-3-8-22(26)9-5-6-13-30(29(35)31-21)14-16-33(17-15-30)28(34)25-19-27(38-32-25)23-10-7-11-24(18-23)36-2/h3-4,7-8,10-12,18-19,21H,5-6,9,13-17,20H2,1-2H3,(H,31,35)/t21-/m1/s1. The predicted molar refractivity (Wildman–Crippen MR) is 143 cm³/mol. The third-order valence-electron chi connectivity index (χ3n) is 7.76. The van der Waals surface area contributed by atoms with Crippen LogP contribution >= 0.6 is 0 Å². The fourth-order valence-electron chi connectivity index (χ4n) is 5.44. The first-order valence-corrected chi connectivity index (χ1v) is 13.4. The van der Waals surface area contributed by atoms with Gasteiger partial charge in [-0.3, -0.25) is 9.59 Å². The molecule has 2 aliphatic heterocycles. The number of carbonyl (C=O) groups is 2. The molecule has 1 atom stereocenters. The summed E-state index contributed by atoms with van der Waals surface area (Å²) in [4.78, 5) is 28.6. The highest BCUT2D eigenvalue weighted by Crippen LogP contribution is 2.38. The first kappa shape index (κ1) is 25.8. The van der Waals surface area contributed by atoms with Crippen molar-refractivity contribution in [1.29, 1.82) is 0 Å². The molecule has 0 aliphatic carbocycles. The summed E-state index contributed by atoms with van der Waals surface area (Å²) in [6.45, 7) is 3.40. The van der Waals surface area contributed by atoms with Gasteiger partial charge in [-0.1, -0.05) is 41.9 Å². The van der Waals surface area contributed by atoms with E-state index in [0.717, 1.165) is 37.0 Å². The summed E-state index contributed by atoms with van der Waals surface area (Å²) in [5.74, 6) is 2.00. The highest BCUT2D eigenvalue weighted by Gasteiger charge is 2.42. The Hall–Kier alpha value is -3.81. The number of piperidine rings is 1. The normalized spacial score (nSPS) is 19.9. The molecule has 1 fully saturated rings. The lowest BCUT2D eigenvalue weighted by Gasteiger charge is -2.41. The Morgan fingerprint density at radius 2 is 1.89 bits per heavy atom. The quantitative estimate of drug-likeness (QED) is 0.532. The lowest BCUT2D eigenvalue weighted by molar-refractivity contribution is -0.135. The fraction of sp³-hybridized carbons (Fsp3) is 0.433. The minimum Gasteiger partial charge on any atom is -0.497 e. The van der Waals surface area contributed by atoms with Gasteiger partial charge >= 0.3 is 0 Å². The van der Waals surface area contributed by atoms with E-state index in [1.165, 1.54) is 5.56 Å². The van der Waals surface area contributed by atoms with Gasteiger partial charge in [0.05, 0.1) is 18.6 Å². The summed E-state index contributed by atoms with van der Waals surface area (Å²) in [7, 11) is 1.60. The number of carbonyl (C=O) groups excluding carboxylic acids is 2. The molecule has 3 aromatic rings. The minimum atomic E-state index is -0.487. The van der Waals surface area contributed by atoms with E-state index < -0.39 is 5.41 Å². The van der Waals surface area contributed by atoms with Crippen molar-refractivity contribution < 1.29 is 23.6 Å². The largest absolute Gasteiger partial charge is 0.497 e. The van der Waals surface area contributed by atoms with Gasteiger partial charge in [-0.2, -0.15) is 0 Å². The molecule has 8 nitrogen and oxygen atoms in total. The number of amides is 2. The molecule has 8 heteroatoms. The van der Waals surface area contributed by atoms with Crippen LogP contribution in [0.1, 0.15) is 55.1 Å². The van der Waals surface area contributed by atoms with Crippen molar-refractivity contribution in [3.63, 3.8) is 0 Å². The highest BCUT2D eigenvalue weighted by atomic mass is 16.5. The van der Waals surface area contributed by atoms with Crippen LogP contribution in [0.25, 0.3) is 11.3 Å². The number of benzene rings is 2. The van der Waals surface area contributed by atoms with Crippen molar-refractivity contribution in [1.82, 2.24) is 15.4 Å². The number of hydrogen-bond acceptors (Lipinski definition) is 6. The Kier molecular flexibility index (Phi) is 7.67. The highest BCUT2D eigenvalue weighted by molar-refractivity contribution is 5.93. The van der Waals surface area contributed by atoms with Crippen molar-refractivity contribution in [3.05, 3.63) is 65.9 Å². The lowest BCUT2D eigenvalue weighted by Crippen LogP contribution is -2.52. The smallest absolute Gasteiger partial charge is 0.276 e. The molecule has 0 unspecified atom stereocenters. The van der Waals surface area contributed by atoms with Crippen molar-refractivity contribution in [3.8, 4) is 22.8 Å². The summed E-state index contributed by atoms with van der Waals surface area (Å²) < 4.78 is 16.8. The molecule has 200 valence electrons. The third kappa shape index (κ3) is 5.54. The zero-order chi connectivity index (χ0) is 26.5. The molecule has 1 spiro atoms. The number of hydrogen-bond donors (Lipinski definition) is 1. The maximum Gasteiger partial charge on any atom is 0.276 e. The van der Waals surface area contributed by atoms with Gasteiger partial charge in [0.1, 0.15) is 18.1 Å². The van der Waals surface area contributed by atoms with Crippen LogP contribution in [0.4, 0.5) is 0 Å². The second-order valence-corrected chi connectivity index (χ2v) is 10.4. The van der Waals surface area contributed by atoms with Gasteiger partial charge in [0, 0.05) is 24.7 Å². The van der Waals surface area contributed by atoms with Crippen molar-refractivity contribution in [2.45, 2.75) is 51.5 Å². The fourth-order valence-corrected chi connectivity index (χ4v) is 5.44. The van der Waals surface area contributed by atoms with Gasteiger partial charge < -0.3 is 24.2 Å². The number of para-hydroxylation sites is 1. The molecule has 0 bridgehead atoms.